The van der Waals surface area contributed by atoms with E-state index in [4.69, 9.17) is 10.5 Å². The Morgan fingerprint density at radius 3 is 2.60 bits per heavy atom. The van der Waals surface area contributed by atoms with Crippen molar-refractivity contribution in [2.24, 2.45) is 5.73 Å². The van der Waals surface area contributed by atoms with Crippen LogP contribution in [0.4, 0.5) is 5.69 Å². The maximum atomic E-state index is 12.4. The number of amides is 2. The largest absolute Gasteiger partial charge is 0.371 e. The number of ether oxygens (including phenoxy) is 1. The van der Waals surface area contributed by atoms with Crippen LogP contribution in [0.15, 0.2) is 54.6 Å². The van der Waals surface area contributed by atoms with Gasteiger partial charge in [0.15, 0.2) is 0 Å². The molecule has 2 aromatic rings. The van der Waals surface area contributed by atoms with Crippen molar-refractivity contribution in [2.45, 2.75) is 6.10 Å². The standard InChI is InChI=1S/C19H21N3O3/c20-19(24)15-8-4-5-9-16(15)21-18(23)13-22-10-11-25-17(12-22)14-6-2-1-3-7-14/h1-9,17H,10-13H2,(H2,20,24)(H,21,23)/t17-/m1/s1. The van der Waals surface area contributed by atoms with E-state index in [0.29, 0.717) is 30.9 Å². The second-order valence-electron chi connectivity index (χ2n) is 5.96. The van der Waals surface area contributed by atoms with E-state index in [9.17, 15) is 9.59 Å². The number of nitrogens with two attached hydrogens (primary N) is 1. The van der Waals surface area contributed by atoms with E-state index >= 15 is 0 Å². The summed E-state index contributed by atoms with van der Waals surface area (Å²) in [5, 5.41) is 2.77. The molecule has 1 heterocycles. The topological polar surface area (TPSA) is 84.7 Å². The number of carbonyl (C=O) groups excluding carboxylic acids is 2. The number of hydrogen-bond donors (Lipinski definition) is 2. The van der Waals surface area contributed by atoms with Crippen molar-refractivity contribution < 1.29 is 14.3 Å². The predicted octanol–water partition coefficient (Wildman–Crippen LogP) is 1.80. The van der Waals surface area contributed by atoms with Gasteiger partial charge >= 0.3 is 0 Å². The molecule has 6 nitrogen and oxygen atoms in total. The van der Waals surface area contributed by atoms with Crippen molar-refractivity contribution in [2.75, 3.05) is 31.6 Å². The molecule has 0 spiro atoms. The van der Waals surface area contributed by atoms with Crippen LogP contribution in [-0.4, -0.2) is 43.0 Å². The van der Waals surface area contributed by atoms with E-state index < -0.39 is 5.91 Å². The molecular formula is C19H21N3O3. The van der Waals surface area contributed by atoms with Crippen LogP contribution in [0.3, 0.4) is 0 Å². The Balaban J connectivity index is 1.61. The Bertz CT molecular complexity index is 749. The average Bonchev–Trinajstić information content (AvgIpc) is 2.63. The normalized spacial score (nSPS) is 17.8. The molecule has 0 saturated carbocycles. The summed E-state index contributed by atoms with van der Waals surface area (Å²) in [6.45, 7) is 2.15. The Hall–Kier alpha value is -2.70. The summed E-state index contributed by atoms with van der Waals surface area (Å²) in [6.07, 6.45) is -0.0411. The SMILES string of the molecule is NC(=O)c1ccccc1NC(=O)CN1CCO[C@@H](c2ccccc2)C1. The molecule has 2 amide bonds. The van der Waals surface area contributed by atoms with Gasteiger partial charge in [-0.3, -0.25) is 14.5 Å². The summed E-state index contributed by atoms with van der Waals surface area (Å²) in [6, 6.07) is 16.7. The lowest BCUT2D eigenvalue weighted by atomic mass is 10.1. The molecule has 0 bridgehead atoms. The molecule has 0 radical (unpaired) electrons. The third kappa shape index (κ3) is 4.43. The highest BCUT2D eigenvalue weighted by Gasteiger charge is 2.23. The molecule has 0 aromatic heterocycles. The number of carbonyl (C=O) groups is 2. The van der Waals surface area contributed by atoms with Crippen LogP contribution in [0.25, 0.3) is 0 Å². The van der Waals surface area contributed by atoms with Gasteiger partial charge in [-0.2, -0.15) is 0 Å². The molecule has 25 heavy (non-hydrogen) atoms. The van der Waals surface area contributed by atoms with Crippen LogP contribution >= 0.6 is 0 Å². The van der Waals surface area contributed by atoms with E-state index in [2.05, 4.69) is 5.32 Å². The predicted molar refractivity (Wildman–Crippen MR) is 95.2 cm³/mol. The first kappa shape index (κ1) is 17.1. The number of nitrogens with one attached hydrogen (secondary N) is 1. The number of benzene rings is 2. The first-order valence-electron chi connectivity index (χ1n) is 8.21. The van der Waals surface area contributed by atoms with Crippen LogP contribution in [0, 0.1) is 0 Å². The van der Waals surface area contributed by atoms with Gasteiger partial charge in [-0.1, -0.05) is 42.5 Å². The van der Waals surface area contributed by atoms with Crippen LogP contribution < -0.4 is 11.1 Å². The lowest BCUT2D eigenvalue weighted by molar-refractivity contribution is -0.119. The maximum Gasteiger partial charge on any atom is 0.250 e. The highest BCUT2D eigenvalue weighted by Crippen LogP contribution is 2.22. The summed E-state index contributed by atoms with van der Waals surface area (Å²) in [4.78, 5) is 25.8. The van der Waals surface area contributed by atoms with Crippen molar-refractivity contribution in [3.63, 3.8) is 0 Å². The number of primary amides is 1. The van der Waals surface area contributed by atoms with Crippen LogP contribution in [0.5, 0.6) is 0 Å². The molecule has 1 fully saturated rings. The van der Waals surface area contributed by atoms with Crippen molar-refractivity contribution >= 4 is 17.5 Å². The number of nitrogens with zero attached hydrogens (tertiary/aromatic N) is 1. The molecule has 0 aliphatic carbocycles. The molecule has 1 saturated heterocycles. The zero-order valence-electron chi connectivity index (χ0n) is 13.9. The molecule has 1 aliphatic heterocycles. The van der Waals surface area contributed by atoms with Crippen molar-refractivity contribution in [3.8, 4) is 0 Å². The fourth-order valence-electron chi connectivity index (χ4n) is 2.92. The zero-order chi connectivity index (χ0) is 17.6. The smallest absolute Gasteiger partial charge is 0.250 e. The molecule has 3 N–H and O–H groups in total. The van der Waals surface area contributed by atoms with E-state index in [0.717, 1.165) is 5.56 Å². The van der Waals surface area contributed by atoms with Crippen molar-refractivity contribution in [1.82, 2.24) is 4.90 Å². The van der Waals surface area contributed by atoms with Crippen molar-refractivity contribution in [3.05, 3.63) is 65.7 Å². The van der Waals surface area contributed by atoms with E-state index in [1.54, 1.807) is 24.3 Å². The summed E-state index contributed by atoms with van der Waals surface area (Å²) < 4.78 is 5.81. The summed E-state index contributed by atoms with van der Waals surface area (Å²) in [7, 11) is 0. The number of hydrogen-bond acceptors (Lipinski definition) is 4. The van der Waals surface area contributed by atoms with Crippen LogP contribution in [0.2, 0.25) is 0 Å². The molecule has 1 aliphatic rings. The minimum atomic E-state index is -0.564. The monoisotopic (exact) mass is 339 g/mol. The number of rotatable bonds is 5. The maximum absolute atomic E-state index is 12.4. The molecule has 2 aromatic carbocycles. The van der Waals surface area contributed by atoms with Gasteiger partial charge in [0, 0.05) is 13.1 Å². The lowest BCUT2D eigenvalue weighted by Crippen LogP contribution is -2.42. The Morgan fingerprint density at radius 2 is 1.84 bits per heavy atom. The van der Waals surface area contributed by atoms with E-state index in [1.807, 2.05) is 35.2 Å². The summed E-state index contributed by atoms with van der Waals surface area (Å²) >= 11 is 0. The Labute approximate surface area is 146 Å². The van der Waals surface area contributed by atoms with Gasteiger partial charge in [0.1, 0.15) is 0 Å². The third-order valence-corrected chi connectivity index (χ3v) is 4.16. The van der Waals surface area contributed by atoms with Gasteiger partial charge in [0.05, 0.1) is 30.5 Å². The number of para-hydroxylation sites is 1. The van der Waals surface area contributed by atoms with Gasteiger partial charge in [-0.05, 0) is 17.7 Å². The van der Waals surface area contributed by atoms with Crippen molar-refractivity contribution in [1.29, 1.82) is 0 Å². The minimum Gasteiger partial charge on any atom is -0.371 e. The van der Waals surface area contributed by atoms with Gasteiger partial charge in [0.2, 0.25) is 5.91 Å². The summed E-state index contributed by atoms with van der Waals surface area (Å²) in [5.74, 6) is -0.742. The molecule has 0 unspecified atom stereocenters. The first-order chi connectivity index (χ1) is 12.1. The number of anilines is 1. The third-order valence-electron chi connectivity index (χ3n) is 4.16. The average molecular weight is 339 g/mol. The highest BCUT2D eigenvalue weighted by molar-refractivity contribution is 6.03. The minimum absolute atomic E-state index is 0.0411. The second-order valence-corrected chi connectivity index (χ2v) is 5.96. The zero-order valence-corrected chi connectivity index (χ0v) is 13.9. The molecule has 1 atom stereocenters. The second kappa shape index (κ2) is 7.92. The Morgan fingerprint density at radius 1 is 1.12 bits per heavy atom. The molecule has 3 rings (SSSR count). The van der Waals surface area contributed by atoms with Gasteiger partial charge in [-0.15, -0.1) is 0 Å². The highest BCUT2D eigenvalue weighted by atomic mass is 16.5. The Kier molecular flexibility index (Phi) is 5.42. The van der Waals surface area contributed by atoms with Gasteiger partial charge < -0.3 is 15.8 Å². The quantitative estimate of drug-likeness (QED) is 0.870. The lowest BCUT2D eigenvalue weighted by Gasteiger charge is -2.32. The van der Waals surface area contributed by atoms with E-state index in [-0.39, 0.29) is 18.6 Å². The number of morpholine rings is 1. The summed E-state index contributed by atoms with van der Waals surface area (Å²) in [5.41, 5.74) is 7.19. The van der Waals surface area contributed by atoms with Crippen LogP contribution in [-0.2, 0) is 9.53 Å². The fraction of sp³-hybridized carbons (Fsp3) is 0.263. The fourth-order valence-corrected chi connectivity index (χ4v) is 2.92. The van der Waals surface area contributed by atoms with Crippen LogP contribution in [0.1, 0.15) is 22.0 Å². The van der Waals surface area contributed by atoms with Gasteiger partial charge in [-0.25, -0.2) is 0 Å². The molecule has 6 heteroatoms. The molecule has 130 valence electrons. The van der Waals surface area contributed by atoms with E-state index in [1.165, 1.54) is 0 Å². The first-order valence-corrected chi connectivity index (χ1v) is 8.21. The van der Waals surface area contributed by atoms with Gasteiger partial charge in [0.25, 0.3) is 5.91 Å². The molecular weight excluding hydrogens is 318 g/mol.